The molecule has 10 heteroatoms. The van der Waals surface area contributed by atoms with E-state index in [4.69, 9.17) is 28.4 Å². The summed E-state index contributed by atoms with van der Waals surface area (Å²) in [5.41, 5.74) is 3.72. The van der Waals surface area contributed by atoms with Crippen LogP contribution in [0.25, 0.3) is 11.1 Å². The van der Waals surface area contributed by atoms with Gasteiger partial charge in [0.05, 0.1) is 18.8 Å². The highest BCUT2D eigenvalue weighted by Crippen LogP contribution is 2.41. The van der Waals surface area contributed by atoms with Crippen molar-refractivity contribution in [1.82, 2.24) is 9.80 Å². The molecule has 0 aromatic heterocycles. The first kappa shape index (κ1) is 32.7. The van der Waals surface area contributed by atoms with Gasteiger partial charge in [-0.05, 0) is 43.0 Å². The quantitative estimate of drug-likeness (QED) is 0.185. The monoisotopic (exact) mass is 560 g/mol. The Morgan fingerprint density at radius 3 is 1.80 bits per heavy atom. The van der Waals surface area contributed by atoms with Gasteiger partial charge in [-0.1, -0.05) is 49.6 Å². The Balaban J connectivity index is 2.38. The van der Waals surface area contributed by atoms with Gasteiger partial charge in [-0.2, -0.15) is 0 Å². The van der Waals surface area contributed by atoms with E-state index in [2.05, 4.69) is 6.92 Å². The molecule has 0 atom stereocenters. The van der Waals surface area contributed by atoms with Crippen LogP contribution in [0.4, 0.5) is 9.59 Å². The van der Waals surface area contributed by atoms with Gasteiger partial charge in [0.15, 0.2) is 13.5 Å². The van der Waals surface area contributed by atoms with E-state index < -0.39 is 12.2 Å². The summed E-state index contributed by atoms with van der Waals surface area (Å²) in [6.07, 6.45) is 3.00. The number of unbranched alkanes of at least 4 members (excludes halogenated alkanes) is 2. The summed E-state index contributed by atoms with van der Waals surface area (Å²) in [6.45, 7) is 5.04. The van der Waals surface area contributed by atoms with Gasteiger partial charge in [-0.15, -0.1) is 0 Å². The molecule has 0 aliphatic heterocycles. The number of rotatable bonds is 17. The Kier molecular flexibility index (Phi) is 14.7. The molecular formula is C30H44N2O8. The van der Waals surface area contributed by atoms with Crippen molar-refractivity contribution in [2.75, 3.05) is 68.2 Å². The van der Waals surface area contributed by atoms with Crippen LogP contribution in [0.1, 0.15) is 37.3 Å². The Hall–Kier alpha value is -3.50. The Morgan fingerprint density at radius 2 is 1.32 bits per heavy atom. The van der Waals surface area contributed by atoms with Gasteiger partial charge in [-0.3, -0.25) is 9.80 Å². The lowest BCUT2D eigenvalue weighted by Crippen LogP contribution is -2.32. The molecule has 0 fully saturated rings. The maximum Gasteiger partial charge on any atom is 0.412 e. The minimum Gasteiger partial charge on any atom is -0.472 e. The van der Waals surface area contributed by atoms with Gasteiger partial charge >= 0.3 is 12.2 Å². The number of hydrogen-bond acceptors (Lipinski definition) is 8. The van der Waals surface area contributed by atoms with E-state index in [-0.39, 0.29) is 26.7 Å². The van der Waals surface area contributed by atoms with E-state index in [9.17, 15) is 9.59 Å². The first-order valence-electron chi connectivity index (χ1n) is 13.5. The van der Waals surface area contributed by atoms with Crippen LogP contribution in [0.15, 0.2) is 36.4 Å². The van der Waals surface area contributed by atoms with E-state index >= 15 is 0 Å². The lowest BCUT2D eigenvalue weighted by atomic mass is 9.97. The van der Waals surface area contributed by atoms with Gasteiger partial charge in [0.1, 0.15) is 24.7 Å². The van der Waals surface area contributed by atoms with Gasteiger partial charge in [0, 0.05) is 28.3 Å². The van der Waals surface area contributed by atoms with E-state index in [0.717, 1.165) is 47.9 Å². The lowest BCUT2D eigenvalue weighted by molar-refractivity contribution is 0.0591. The van der Waals surface area contributed by atoms with Crippen LogP contribution < -0.4 is 9.47 Å². The Morgan fingerprint density at radius 1 is 0.775 bits per heavy atom. The van der Waals surface area contributed by atoms with Crippen molar-refractivity contribution in [3.05, 3.63) is 47.5 Å². The van der Waals surface area contributed by atoms with E-state index in [1.54, 1.807) is 28.3 Å². The summed E-state index contributed by atoms with van der Waals surface area (Å²) in [7, 11) is 6.30. The number of benzene rings is 2. The molecule has 0 saturated heterocycles. The number of aryl methyl sites for hydroxylation is 2. The minimum absolute atomic E-state index is 0.0335. The van der Waals surface area contributed by atoms with Crippen LogP contribution in [0, 0.1) is 6.92 Å². The van der Waals surface area contributed by atoms with Gasteiger partial charge < -0.3 is 28.4 Å². The normalized spacial score (nSPS) is 10.7. The highest BCUT2D eigenvalue weighted by Gasteiger charge is 2.20. The van der Waals surface area contributed by atoms with Crippen molar-refractivity contribution in [2.45, 2.75) is 39.5 Å². The van der Waals surface area contributed by atoms with Crippen molar-refractivity contribution in [1.29, 1.82) is 0 Å². The first-order chi connectivity index (χ1) is 19.3. The smallest absolute Gasteiger partial charge is 0.412 e. The fourth-order valence-corrected chi connectivity index (χ4v) is 3.76. The molecule has 2 aromatic rings. The molecule has 40 heavy (non-hydrogen) atoms. The maximum atomic E-state index is 12.4. The van der Waals surface area contributed by atoms with Crippen molar-refractivity contribution in [2.24, 2.45) is 0 Å². The first-order valence-corrected chi connectivity index (χ1v) is 13.5. The zero-order chi connectivity index (χ0) is 29.3. The highest BCUT2D eigenvalue weighted by molar-refractivity contribution is 5.78. The Bertz CT molecular complexity index is 1010. The lowest BCUT2D eigenvalue weighted by Gasteiger charge is -2.23. The van der Waals surface area contributed by atoms with Gasteiger partial charge in [-0.25, -0.2) is 9.59 Å². The molecule has 0 N–H and O–H groups in total. The van der Waals surface area contributed by atoms with E-state index in [0.29, 0.717) is 24.7 Å². The number of carbonyl (C=O) groups is 2. The van der Waals surface area contributed by atoms with E-state index in [1.165, 1.54) is 9.80 Å². The van der Waals surface area contributed by atoms with E-state index in [1.807, 2.05) is 43.3 Å². The summed E-state index contributed by atoms with van der Waals surface area (Å²) in [5.74, 6) is 1.13. The fraction of sp³-hybridized carbons (Fsp3) is 0.533. The molecule has 2 rings (SSSR count). The summed E-state index contributed by atoms with van der Waals surface area (Å²) in [5, 5.41) is 0. The summed E-state index contributed by atoms with van der Waals surface area (Å²) in [6, 6.07) is 12.0. The number of carbonyl (C=O) groups excluding carboxylic acids is 2. The van der Waals surface area contributed by atoms with Crippen molar-refractivity contribution < 1.29 is 38.0 Å². The SMILES string of the molecule is CCCCCc1cc(OCN(C)C(=O)OCCOC)c(-c2cccc(C)c2)c(OCN(C)C(=O)OCCOC)c1. The average Bonchev–Trinajstić information content (AvgIpc) is 2.94. The zero-order valence-corrected chi connectivity index (χ0v) is 24.7. The second-order valence-corrected chi connectivity index (χ2v) is 9.45. The van der Waals surface area contributed by atoms with Crippen LogP contribution in [0.3, 0.4) is 0 Å². The largest absolute Gasteiger partial charge is 0.472 e. The van der Waals surface area contributed by atoms with Gasteiger partial charge in [0.25, 0.3) is 0 Å². The minimum atomic E-state index is -0.515. The number of nitrogens with zero attached hydrogens (tertiary/aromatic N) is 2. The summed E-state index contributed by atoms with van der Waals surface area (Å²) in [4.78, 5) is 27.4. The molecule has 0 unspecified atom stereocenters. The number of methoxy groups -OCH3 is 2. The Labute approximate surface area is 238 Å². The third-order valence-electron chi connectivity index (χ3n) is 5.98. The molecule has 222 valence electrons. The number of amides is 2. The van der Waals surface area contributed by atoms with Crippen LogP contribution in [0.2, 0.25) is 0 Å². The van der Waals surface area contributed by atoms with Crippen molar-refractivity contribution >= 4 is 12.2 Å². The molecule has 0 spiro atoms. The highest BCUT2D eigenvalue weighted by atomic mass is 16.6. The summed E-state index contributed by atoms with van der Waals surface area (Å²) < 4.78 is 32.7. The molecule has 0 saturated carbocycles. The standard InChI is InChI=1S/C30H44N2O8/c1-7-8-9-12-24-19-26(39-21-31(3)29(33)37-16-14-35-5)28(25-13-10-11-23(2)18-25)27(20-24)40-22-32(4)30(34)38-17-15-36-6/h10-11,13,18-20H,7-9,12,14-17,21-22H2,1-6H3. The molecule has 0 aliphatic rings. The third-order valence-corrected chi connectivity index (χ3v) is 5.98. The third kappa shape index (κ3) is 10.9. The predicted molar refractivity (Wildman–Crippen MR) is 153 cm³/mol. The zero-order valence-electron chi connectivity index (χ0n) is 24.7. The molecule has 0 bridgehead atoms. The van der Waals surface area contributed by atoms with Crippen molar-refractivity contribution in [3.63, 3.8) is 0 Å². The second-order valence-electron chi connectivity index (χ2n) is 9.45. The molecule has 2 aromatic carbocycles. The molecule has 0 heterocycles. The topological polar surface area (TPSA) is 96.0 Å². The fourth-order valence-electron chi connectivity index (χ4n) is 3.76. The van der Waals surface area contributed by atoms with Crippen LogP contribution in [0.5, 0.6) is 11.5 Å². The second kappa shape index (κ2) is 18.0. The molecule has 0 radical (unpaired) electrons. The molecule has 2 amide bonds. The predicted octanol–water partition coefficient (Wildman–Crippen LogP) is 5.50. The molecule has 0 aliphatic carbocycles. The number of hydrogen-bond donors (Lipinski definition) is 0. The molecule has 10 nitrogen and oxygen atoms in total. The van der Waals surface area contributed by atoms with Gasteiger partial charge in [0.2, 0.25) is 0 Å². The van der Waals surface area contributed by atoms with Crippen LogP contribution in [-0.4, -0.2) is 90.2 Å². The van der Waals surface area contributed by atoms with Crippen molar-refractivity contribution in [3.8, 4) is 22.6 Å². The van der Waals surface area contributed by atoms with Crippen LogP contribution >= 0.6 is 0 Å². The molecular weight excluding hydrogens is 516 g/mol. The number of ether oxygens (including phenoxy) is 6. The average molecular weight is 561 g/mol. The summed E-state index contributed by atoms with van der Waals surface area (Å²) >= 11 is 0. The maximum absolute atomic E-state index is 12.4. The van der Waals surface area contributed by atoms with Crippen LogP contribution in [-0.2, 0) is 25.4 Å².